The minimum Gasteiger partial charge on any atom is -0.464 e. The van der Waals surface area contributed by atoms with E-state index in [1.165, 1.54) is 18.4 Å². The summed E-state index contributed by atoms with van der Waals surface area (Å²) in [5.74, 6) is -0.135. The van der Waals surface area contributed by atoms with Crippen molar-refractivity contribution in [3.05, 3.63) is 71.6 Å². The highest BCUT2D eigenvalue weighted by Gasteiger charge is 2.35. The number of fused-ring (bicyclic) bond motifs is 2. The summed E-state index contributed by atoms with van der Waals surface area (Å²) in [5.41, 5.74) is 5.26. The SMILES string of the molecule is Cn1cc(C2=C(c3coc4ccccc34)C(=O)NC2=O)c2cc(C3CC3)ccc21. The predicted octanol–water partition coefficient (Wildman–Crippen LogP) is 4.37. The molecule has 29 heavy (non-hydrogen) atoms. The second-order valence-electron chi connectivity index (χ2n) is 7.88. The van der Waals surface area contributed by atoms with Crippen LogP contribution in [-0.4, -0.2) is 16.4 Å². The lowest BCUT2D eigenvalue weighted by atomic mass is 9.95. The van der Waals surface area contributed by atoms with Gasteiger partial charge in [-0.3, -0.25) is 14.9 Å². The smallest absolute Gasteiger partial charge is 0.259 e. The van der Waals surface area contributed by atoms with Gasteiger partial charge in [-0.1, -0.05) is 24.3 Å². The molecule has 1 aliphatic carbocycles. The third-order valence-electron chi connectivity index (χ3n) is 6.01. The van der Waals surface area contributed by atoms with E-state index < -0.39 is 0 Å². The van der Waals surface area contributed by atoms with Crippen LogP contribution in [0.2, 0.25) is 0 Å². The number of imide groups is 1. The van der Waals surface area contributed by atoms with Gasteiger partial charge in [0.1, 0.15) is 5.58 Å². The van der Waals surface area contributed by atoms with Crippen LogP contribution in [0.4, 0.5) is 0 Å². The Morgan fingerprint density at radius 1 is 0.966 bits per heavy atom. The molecule has 1 aliphatic heterocycles. The van der Waals surface area contributed by atoms with Crippen LogP contribution in [-0.2, 0) is 16.6 Å². The Morgan fingerprint density at radius 3 is 2.52 bits per heavy atom. The molecular formula is C24H18N2O3. The number of furan rings is 1. The fourth-order valence-corrected chi connectivity index (χ4v) is 4.42. The number of amides is 2. The van der Waals surface area contributed by atoms with E-state index in [0.29, 0.717) is 28.2 Å². The summed E-state index contributed by atoms with van der Waals surface area (Å²) in [6.07, 6.45) is 5.93. The van der Waals surface area contributed by atoms with Crippen molar-refractivity contribution in [2.24, 2.45) is 7.05 Å². The summed E-state index contributed by atoms with van der Waals surface area (Å²) >= 11 is 0. The molecule has 0 atom stereocenters. The molecule has 1 N–H and O–H groups in total. The number of para-hydroxylation sites is 1. The van der Waals surface area contributed by atoms with Gasteiger partial charge in [-0.25, -0.2) is 0 Å². The monoisotopic (exact) mass is 382 g/mol. The first kappa shape index (κ1) is 16.4. The third kappa shape index (κ3) is 2.34. The highest BCUT2D eigenvalue weighted by molar-refractivity contribution is 6.50. The van der Waals surface area contributed by atoms with Crippen LogP contribution in [0.15, 0.2) is 59.3 Å². The Hall–Kier alpha value is -3.60. The number of nitrogens with zero attached hydrogens (tertiary/aromatic N) is 1. The van der Waals surface area contributed by atoms with Gasteiger partial charge in [0.2, 0.25) is 0 Å². The Balaban J connectivity index is 1.66. The number of aromatic nitrogens is 1. The second kappa shape index (κ2) is 5.70. The number of carbonyl (C=O) groups is 2. The molecule has 2 aromatic carbocycles. The van der Waals surface area contributed by atoms with Crippen LogP contribution >= 0.6 is 0 Å². The number of aryl methyl sites for hydroxylation is 1. The second-order valence-corrected chi connectivity index (χ2v) is 7.88. The van der Waals surface area contributed by atoms with Gasteiger partial charge in [-0.2, -0.15) is 0 Å². The lowest BCUT2D eigenvalue weighted by molar-refractivity contribution is -0.122. The number of hydrogen-bond acceptors (Lipinski definition) is 3. The lowest BCUT2D eigenvalue weighted by Crippen LogP contribution is -2.22. The maximum atomic E-state index is 12.9. The molecule has 5 heteroatoms. The molecule has 142 valence electrons. The molecule has 0 saturated heterocycles. The van der Waals surface area contributed by atoms with Crippen LogP contribution in [0, 0.1) is 0 Å². The van der Waals surface area contributed by atoms with Crippen molar-refractivity contribution in [3.8, 4) is 0 Å². The van der Waals surface area contributed by atoms with E-state index in [9.17, 15) is 9.59 Å². The summed E-state index contributed by atoms with van der Waals surface area (Å²) < 4.78 is 7.66. The molecule has 4 aromatic rings. The van der Waals surface area contributed by atoms with E-state index in [1.807, 2.05) is 42.1 Å². The van der Waals surface area contributed by atoms with E-state index in [0.717, 1.165) is 21.9 Å². The van der Waals surface area contributed by atoms with Gasteiger partial charge in [0, 0.05) is 40.7 Å². The zero-order valence-corrected chi connectivity index (χ0v) is 15.9. The maximum Gasteiger partial charge on any atom is 0.259 e. The number of nitrogens with one attached hydrogen (secondary N) is 1. The van der Waals surface area contributed by atoms with Crippen molar-refractivity contribution in [2.75, 3.05) is 0 Å². The number of benzene rings is 2. The molecule has 0 radical (unpaired) electrons. The molecule has 3 heterocycles. The molecule has 2 amide bonds. The molecule has 0 spiro atoms. The maximum absolute atomic E-state index is 12.9. The minimum atomic E-state index is -0.382. The molecule has 2 aliphatic rings. The predicted molar refractivity (Wildman–Crippen MR) is 111 cm³/mol. The zero-order chi connectivity index (χ0) is 19.7. The van der Waals surface area contributed by atoms with Crippen LogP contribution in [0.1, 0.15) is 35.4 Å². The average Bonchev–Trinajstić information content (AvgIpc) is 3.33. The van der Waals surface area contributed by atoms with Crippen molar-refractivity contribution in [3.63, 3.8) is 0 Å². The molecule has 5 nitrogen and oxygen atoms in total. The molecule has 6 rings (SSSR count). The van der Waals surface area contributed by atoms with Crippen LogP contribution < -0.4 is 5.32 Å². The van der Waals surface area contributed by atoms with E-state index in [1.54, 1.807) is 6.26 Å². The van der Waals surface area contributed by atoms with Crippen molar-refractivity contribution in [1.82, 2.24) is 9.88 Å². The molecule has 0 unspecified atom stereocenters. The fraction of sp³-hybridized carbons (Fsp3) is 0.167. The van der Waals surface area contributed by atoms with Crippen LogP contribution in [0.3, 0.4) is 0 Å². The zero-order valence-electron chi connectivity index (χ0n) is 15.9. The Bertz CT molecular complexity index is 1380. The largest absolute Gasteiger partial charge is 0.464 e. The van der Waals surface area contributed by atoms with E-state index in [2.05, 4.69) is 23.5 Å². The quantitative estimate of drug-likeness (QED) is 0.535. The highest BCUT2D eigenvalue weighted by Crippen LogP contribution is 2.43. The summed E-state index contributed by atoms with van der Waals surface area (Å²) in [6, 6.07) is 14.0. The van der Waals surface area contributed by atoms with Gasteiger partial charge in [0.15, 0.2) is 0 Å². The Labute approximate surface area is 166 Å². The molecule has 1 fully saturated rings. The minimum absolute atomic E-state index is 0.361. The number of hydrogen-bond donors (Lipinski definition) is 1. The molecular weight excluding hydrogens is 364 g/mol. The summed E-state index contributed by atoms with van der Waals surface area (Å²) in [5, 5.41) is 4.31. The molecule has 0 bridgehead atoms. The van der Waals surface area contributed by atoms with Gasteiger partial charge >= 0.3 is 0 Å². The lowest BCUT2D eigenvalue weighted by Gasteiger charge is -2.04. The Kier molecular flexibility index (Phi) is 3.22. The fourth-order valence-electron chi connectivity index (χ4n) is 4.42. The van der Waals surface area contributed by atoms with Gasteiger partial charge in [-0.15, -0.1) is 0 Å². The summed E-state index contributed by atoms with van der Waals surface area (Å²) in [7, 11) is 1.96. The normalized spacial score (nSPS) is 17.0. The molecule has 1 saturated carbocycles. The van der Waals surface area contributed by atoms with Crippen molar-refractivity contribution in [2.45, 2.75) is 18.8 Å². The van der Waals surface area contributed by atoms with E-state index in [-0.39, 0.29) is 11.8 Å². The highest BCUT2D eigenvalue weighted by atomic mass is 16.3. The first-order chi connectivity index (χ1) is 14.1. The van der Waals surface area contributed by atoms with Gasteiger partial charge in [0.05, 0.1) is 17.4 Å². The van der Waals surface area contributed by atoms with Crippen LogP contribution in [0.5, 0.6) is 0 Å². The van der Waals surface area contributed by atoms with E-state index in [4.69, 9.17) is 4.42 Å². The number of rotatable bonds is 3. The third-order valence-corrected chi connectivity index (χ3v) is 6.01. The van der Waals surface area contributed by atoms with Crippen molar-refractivity contribution >= 4 is 44.8 Å². The van der Waals surface area contributed by atoms with Gasteiger partial charge < -0.3 is 8.98 Å². The average molecular weight is 382 g/mol. The first-order valence-corrected chi connectivity index (χ1v) is 9.78. The summed E-state index contributed by atoms with van der Waals surface area (Å²) in [6.45, 7) is 0. The van der Waals surface area contributed by atoms with Gasteiger partial charge in [-0.05, 0) is 42.5 Å². The van der Waals surface area contributed by atoms with Crippen molar-refractivity contribution < 1.29 is 14.0 Å². The van der Waals surface area contributed by atoms with Crippen LogP contribution in [0.25, 0.3) is 33.0 Å². The standard InChI is InChI=1S/C24H18N2O3/c1-26-11-17(16-10-14(13-6-7-13)8-9-19(16)26)21-22(24(28)25-23(21)27)18-12-29-20-5-3-2-4-15(18)20/h2-5,8-13H,6-7H2,1H3,(H,25,27,28). The Morgan fingerprint density at radius 2 is 1.72 bits per heavy atom. The topological polar surface area (TPSA) is 64.2 Å². The summed E-state index contributed by atoms with van der Waals surface area (Å²) in [4.78, 5) is 25.7. The van der Waals surface area contributed by atoms with E-state index >= 15 is 0 Å². The molecule has 2 aromatic heterocycles. The van der Waals surface area contributed by atoms with Crippen molar-refractivity contribution in [1.29, 1.82) is 0 Å². The number of carbonyl (C=O) groups excluding carboxylic acids is 2. The first-order valence-electron chi connectivity index (χ1n) is 9.78. The van der Waals surface area contributed by atoms with Gasteiger partial charge in [0.25, 0.3) is 11.8 Å².